The summed E-state index contributed by atoms with van der Waals surface area (Å²) in [5, 5.41) is 6.14. The third-order valence-corrected chi connectivity index (χ3v) is 6.23. The van der Waals surface area contributed by atoms with Gasteiger partial charge in [-0.15, -0.1) is 0 Å². The Bertz CT molecular complexity index is 1120. The monoisotopic (exact) mass is 456 g/mol. The van der Waals surface area contributed by atoms with Crippen molar-refractivity contribution < 1.29 is 9.59 Å². The van der Waals surface area contributed by atoms with Gasteiger partial charge in [-0.2, -0.15) is 0 Å². The molecule has 6 nitrogen and oxygen atoms in total. The van der Waals surface area contributed by atoms with E-state index >= 15 is 0 Å². The molecule has 2 N–H and O–H groups in total. The highest BCUT2D eigenvalue weighted by molar-refractivity contribution is 5.96. The SMILES string of the molecule is Cc1cccc(C)c1NC(=O)CN1CCN(CC(=O)Nc2ccccc2-c2ccccc2)CC1. The standard InChI is InChI=1S/C28H32N4O2/c1-21-9-8-10-22(2)28(21)30-27(34)20-32-17-15-31(16-18-32)19-26(33)29-25-14-7-6-13-24(25)23-11-4-3-5-12-23/h3-14H,15-20H2,1-2H3,(H,29,33)(H,30,34). The summed E-state index contributed by atoms with van der Waals surface area (Å²) in [6.45, 7) is 7.73. The highest BCUT2D eigenvalue weighted by Crippen LogP contribution is 2.27. The first-order valence-electron chi connectivity index (χ1n) is 11.7. The summed E-state index contributed by atoms with van der Waals surface area (Å²) in [5.41, 5.74) is 5.94. The molecule has 0 bridgehead atoms. The van der Waals surface area contributed by atoms with Crippen molar-refractivity contribution in [3.05, 3.63) is 83.9 Å². The van der Waals surface area contributed by atoms with E-state index in [1.807, 2.05) is 86.6 Å². The summed E-state index contributed by atoms with van der Waals surface area (Å²) in [4.78, 5) is 29.6. The van der Waals surface area contributed by atoms with E-state index in [0.717, 1.165) is 59.8 Å². The number of hydrogen-bond donors (Lipinski definition) is 2. The lowest BCUT2D eigenvalue weighted by Crippen LogP contribution is -2.50. The number of anilines is 2. The lowest BCUT2D eigenvalue weighted by molar-refractivity contribution is -0.120. The zero-order chi connectivity index (χ0) is 23.9. The Morgan fingerprint density at radius 1 is 0.676 bits per heavy atom. The maximum atomic E-state index is 12.8. The Labute approximate surface area is 201 Å². The van der Waals surface area contributed by atoms with Crippen molar-refractivity contribution in [2.45, 2.75) is 13.8 Å². The molecule has 0 aromatic heterocycles. The summed E-state index contributed by atoms with van der Waals surface area (Å²) >= 11 is 0. The average Bonchev–Trinajstić information content (AvgIpc) is 2.84. The van der Waals surface area contributed by atoms with Gasteiger partial charge in [0.15, 0.2) is 0 Å². The molecular weight excluding hydrogens is 424 g/mol. The Morgan fingerprint density at radius 3 is 1.82 bits per heavy atom. The summed E-state index contributed by atoms with van der Waals surface area (Å²) in [6, 6.07) is 23.9. The van der Waals surface area contributed by atoms with Crippen molar-refractivity contribution in [3.8, 4) is 11.1 Å². The van der Waals surface area contributed by atoms with Gasteiger partial charge in [-0.1, -0.05) is 66.7 Å². The van der Waals surface area contributed by atoms with Crippen LogP contribution in [-0.4, -0.2) is 60.9 Å². The number of hydrogen-bond acceptors (Lipinski definition) is 4. The molecule has 1 saturated heterocycles. The molecule has 3 aromatic rings. The maximum absolute atomic E-state index is 12.8. The highest BCUT2D eigenvalue weighted by Gasteiger charge is 2.21. The topological polar surface area (TPSA) is 64.7 Å². The molecule has 1 aliphatic rings. The lowest BCUT2D eigenvalue weighted by atomic mass is 10.0. The number of amides is 2. The largest absolute Gasteiger partial charge is 0.324 e. The minimum absolute atomic E-state index is 0.00103. The van der Waals surface area contributed by atoms with E-state index in [1.165, 1.54) is 0 Å². The van der Waals surface area contributed by atoms with Gasteiger partial charge >= 0.3 is 0 Å². The zero-order valence-electron chi connectivity index (χ0n) is 19.9. The summed E-state index contributed by atoms with van der Waals surface area (Å²) in [6.07, 6.45) is 0. The fourth-order valence-corrected chi connectivity index (χ4v) is 4.35. The molecule has 4 rings (SSSR count). The van der Waals surface area contributed by atoms with E-state index in [0.29, 0.717) is 13.1 Å². The van der Waals surface area contributed by atoms with Gasteiger partial charge in [0, 0.05) is 43.1 Å². The van der Waals surface area contributed by atoms with Crippen LogP contribution in [0.3, 0.4) is 0 Å². The van der Waals surface area contributed by atoms with E-state index in [2.05, 4.69) is 20.4 Å². The highest BCUT2D eigenvalue weighted by atomic mass is 16.2. The molecule has 3 aromatic carbocycles. The molecule has 0 spiro atoms. The van der Waals surface area contributed by atoms with E-state index in [-0.39, 0.29) is 11.8 Å². The number of piperazine rings is 1. The third kappa shape index (κ3) is 6.10. The van der Waals surface area contributed by atoms with Crippen LogP contribution < -0.4 is 10.6 Å². The average molecular weight is 457 g/mol. The Hall–Kier alpha value is -3.48. The number of nitrogens with zero attached hydrogens (tertiary/aromatic N) is 2. The summed E-state index contributed by atoms with van der Waals surface area (Å²) < 4.78 is 0. The van der Waals surface area contributed by atoms with Crippen LogP contribution in [0.2, 0.25) is 0 Å². The fourth-order valence-electron chi connectivity index (χ4n) is 4.35. The van der Waals surface area contributed by atoms with Crippen molar-refractivity contribution in [2.24, 2.45) is 0 Å². The molecule has 1 heterocycles. The van der Waals surface area contributed by atoms with Gasteiger partial charge in [0.1, 0.15) is 0 Å². The molecule has 0 radical (unpaired) electrons. The predicted molar refractivity (Wildman–Crippen MR) is 138 cm³/mol. The number of carbonyl (C=O) groups is 2. The fraction of sp³-hybridized carbons (Fsp3) is 0.286. The van der Waals surface area contributed by atoms with Crippen LogP contribution in [0.15, 0.2) is 72.8 Å². The van der Waals surface area contributed by atoms with Crippen molar-refractivity contribution in [3.63, 3.8) is 0 Å². The molecule has 176 valence electrons. The minimum atomic E-state index is -0.0235. The lowest BCUT2D eigenvalue weighted by Gasteiger charge is -2.33. The second kappa shape index (κ2) is 11.1. The normalized spacial score (nSPS) is 14.5. The first-order chi connectivity index (χ1) is 16.5. The first kappa shape index (κ1) is 23.7. The van der Waals surface area contributed by atoms with E-state index in [9.17, 15) is 9.59 Å². The van der Waals surface area contributed by atoms with Gasteiger partial charge in [-0.05, 0) is 36.6 Å². The maximum Gasteiger partial charge on any atom is 0.238 e. The number of benzene rings is 3. The number of aryl methyl sites for hydroxylation is 2. The van der Waals surface area contributed by atoms with E-state index in [1.54, 1.807) is 0 Å². The van der Waals surface area contributed by atoms with Crippen LogP contribution in [-0.2, 0) is 9.59 Å². The minimum Gasteiger partial charge on any atom is -0.324 e. The van der Waals surface area contributed by atoms with Crippen molar-refractivity contribution in [1.82, 2.24) is 9.80 Å². The van der Waals surface area contributed by atoms with Gasteiger partial charge in [-0.3, -0.25) is 19.4 Å². The number of rotatable bonds is 7. The second-order valence-corrected chi connectivity index (χ2v) is 8.83. The molecule has 1 fully saturated rings. The smallest absolute Gasteiger partial charge is 0.238 e. The molecule has 0 unspecified atom stereocenters. The van der Waals surface area contributed by atoms with Gasteiger partial charge in [-0.25, -0.2) is 0 Å². The molecule has 2 amide bonds. The van der Waals surface area contributed by atoms with Crippen molar-refractivity contribution in [1.29, 1.82) is 0 Å². The third-order valence-electron chi connectivity index (χ3n) is 6.23. The first-order valence-corrected chi connectivity index (χ1v) is 11.7. The molecular formula is C28H32N4O2. The van der Waals surface area contributed by atoms with Crippen LogP contribution in [0.25, 0.3) is 11.1 Å². The van der Waals surface area contributed by atoms with Crippen LogP contribution in [0, 0.1) is 13.8 Å². The molecule has 1 aliphatic heterocycles. The van der Waals surface area contributed by atoms with E-state index < -0.39 is 0 Å². The molecule has 6 heteroatoms. The van der Waals surface area contributed by atoms with Crippen molar-refractivity contribution in [2.75, 3.05) is 49.9 Å². The molecule has 34 heavy (non-hydrogen) atoms. The van der Waals surface area contributed by atoms with Crippen LogP contribution in [0.4, 0.5) is 11.4 Å². The zero-order valence-corrected chi connectivity index (χ0v) is 19.9. The van der Waals surface area contributed by atoms with Gasteiger partial charge in [0.25, 0.3) is 0 Å². The second-order valence-electron chi connectivity index (χ2n) is 8.83. The van der Waals surface area contributed by atoms with Crippen molar-refractivity contribution >= 4 is 23.2 Å². The van der Waals surface area contributed by atoms with E-state index in [4.69, 9.17) is 0 Å². The van der Waals surface area contributed by atoms with Crippen LogP contribution in [0.5, 0.6) is 0 Å². The predicted octanol–water partition coefficient (Wildman–Crippen LogP) is 4.17. The molecule has 0 saturated carbocycles. The van der Waals surface area contributed by atoms with Gasteiger partial charge in [0.05, 0.1) is 13.1 Å². The number of nitrogens with one attached hydrogen (secondary N) is 2. The number of para-hydroxylation sites is 2. The molecule has 0 aliphatic carbocycles. The van der Waals surface area contributed by atoms with Gasteiger partial charge in [0.2, 0.25) is 11.8 Å². The summed E-state index contributed by atoms with van der Waals surface area (Å²) in [7, 11) is 0. The number of carbonyl (C=O) groups excluding carboxylic acids is 2. The van der Waals surface area contributed by atoms with Crippen LogP contribution >= 0.6 is 0 Å². The molecule has 0 atom stereocenters. The summed E-state index contributed by atoms with van der Waals surface area (Å²) in [5.74, 6) is -0.0225. The Balaban J connectivity index is 1.26. The van der Waals surface area contributed by atoms with Crippen LogP contribution in [0.1, 0.15) is 11.1 Å². The quantitative estimate of drug-likeness (QED) is 0.560. The van der Waals surface area contributed by atoms with Gasteiger partial charge < -0.3 is 10.6 Å². The Morgan fingerprint density at radius 2 is 1.21 bits per heavy atom. The Kier molecular flexibility index (Phi) is 7.72.